The molecule has 1 N–H and O–H groups in total. The Morgan fingerprint density at radius 1 is 1.15 bits per heavy atom. The molecule has 2 aromatic heterocycles. The average molecular weight is 392 g/mol. The first-order valence-corrected chi connectivity index (χ1v) is 8.35. The molecule has 0 aliphatic carbocycles. The summed E-state index contributed by atoms with van der Waals surface area (Å²) < 4.78 is 41.9. The number of aromatic nitrogens is 2. The van der Waals surface area contributed by atoms with Gasteiger partial charge < -0.3 is 9.72 Å². The van der Waals surface area contributed by atoms with Crippen LogP contribution in [0.25, 0.3) is 12.2 Å². The van der Waals surface area contributed by atoms with Gasteiger partial charge in [0.2, 0.25) is 0 Å². The summed E-state index contributed by atoms with van der Waals surface area (Å²) in [4.78, 5) is 30.6. The molecular weight excluding hydrogens is 381 g/mol. The average Bonchev–Trinajstić information content (AvgIpc) is 2.95. The van der Waals surface area contributed by atoms with E-state index in [9.17, 15) is 22.8 Å². The Labute approximate surface area is 154 Å². The van der Waals surface area contributed by atoms with Crippen LogP contribution in [0.2, 0.25) is 0 Å². The lowest BCUT2D eigenvalue weighted by atomic mass is 10.2. The van der Waals surface area contributed by atoms with Gasteiger partial charge >= 0.3 is 6.36 Å². The minimum atomic E-state index is -4.85. The zero-order valence-corrected chi connectivity index (χ0v) is 14.3. The molecule has 5 nitrogen and oxygen atoms in total. The lowest BCUT2D eigenvalue weighted by Gasteiger charge is -2.10. The first-order valence-electron chi connectivity index (χ1n) is 7.53. The van der Waals surface area contributed by atoms with E-state index >= 15 is 0 Å². The van der Waals surface area contributed by atoms with Crippen LogP contribution in [0.5, 0.6) is 5.75 Å². The Bertz CT molecular complexity index is 1130. The number of aromatic amines is 1. The predicted octanol–water partition coefficient (Wildman–Crippen LogP) is 2.22. The summed E-state index contributed by atoms with van der Waals surface area (Å²) >= 11 is 0.952. The standard InChI is InChI=1S/C18H11F3N2O3S/c19-18(20,21)26-14-4-2-1-3-12(14)9-15-17(25)23-16(27-15)10-13(24)11-5-7-22-8-6-11/h1-10H,(H,23,25). The van der Waals surface area contributed by atoms with Crippen LogP contribution in [0.4, 0.5) is 13.2 Å². The highest BCUT2D eigenvalue weighted by atomic mass is 32.1. The second-order valence-electron chi connectivity index (χ2n) is 5.26. The molecule has 0 amide bonds. The van der Waals surface area contributed by atoms with Crippen LogP contribution in [0.15, 0.2) is 53.6 Å². The lowest BCUT2D eigenvalue weighted by molar-refractivity contribution is -0.274. The van der Waals surface area contributed by atoms with Crippen molar-refractivity contribution in [3.8, 4) is 5.75 Å². The molecule has 0 radical (unpaired) electrons. The fraction of sp³-hybridized carbons (Fsp3) is 0.0556. The van der Waals surface area contributed by atoms with Crippen molar-refractivity contribution in [3.63, 3.8) is 0 Å². The zero-order valence-electron chi connectivity index (χ0n) is 13.5. The quantitative estimate of drug-likeness (QED) is 0.692. The molecule has 0 spiro atoms. The van der Waals surface area contributed by atoms with Crippen LogP contribution in [-0.2, 0) is 0 Å². The molecule has 0 fully saturated rings. The fourth-order valence-corrected chi connectivity index (χ4v) is 3.08. The van der Waals surface area contributed by atoms with Gasteiger partial charge in [-0.3, -0.25) is 14.6 Å². The van der Waals surface area contributed by atoms with Gasteiger partial charge in [0, 0.05) is 29.6 Å². The van der Waals surface area contributed by atoms with E-state index in [0.717, 1.165) is 17.4 Å². The summed E-state index contributed by atoms with van der Waals surface area (Å²) in [7, 11) is 0. The second-order valence-corrected chi connectivity index (χ2v) is 6.34. The van der Waals surface area contributed by atoms with Crippen molar-refractivity contribution in [2.24, 2.45) is 0 Å². The highest BCUT2D eigenvalue weighted by Crippen LogP contribution is 2.26. The largest absolute Gasteiger partial charge is 0.573 e. The number of benzene rings is 1. The Balaban J connectivity index is 2.00. The van der Waals surface area contributed by atoms with E-state index in [2.05, 4.69) is 14.7 Å². The number of pyridine rings is 1. The van der Waals surface area contributed by atoms with E-state index in [1.54, 1.807) is 0 Å². The van der Waals surface area contributed by atoms with Gasteiger partial charge in [0.05, 0.1) is 9.20 Å². The number of carbonyl (C=O) groups excluding carboxylic acids is 1. The monoisotopic (exact) mass is 392 g/mol. The normalized spacial score (nSPS) is 13.0. The molecule has 0 saturated heterocycles. The zero-order chi connectivity index (χ0) is 19.4. The number of Topliss-reactive ketones (excluding diaryl/α,β-unsaturated/α-hetero) is 1. The molecule has 9 heteroatoms. The molecule has 0 aliphatic rings. The molecule has 2 heterocycles. The predicted molar refractivity (Wildman–Crippen MR) is 93.9 cm³/mol. The van der Waals surface area contributed by atoms with Crippen LogP contribution in [0, 0.1) is 0 Å². The van der Waals surface area contributed by atoms with Crippen molar-refractivity contribution in [1.82, 2.24) is 9.97 Å². The van der Waals surface area contributed by atoms with Gasteiger partial charge in [0.15, 0.2) is 5.78 Å². The summed E-state index contributed by atoms with van der Waals surface area (Å²) in [5.41, 5.74) is -0.0292. The Kier molecular flexibility index (Phi) is 5.22. The van der Waals surface area contributed by atoms with Gasteiger partial charge in [-0.15, -0.1) is 24.5 Å². The third-order valence-electron chi connectivity index (χ3n) is 3.34. The Morgan fingerprint density at radius 2 is 1.85 bits per heavy atom. The van der Waals surface area contributed by atoms with Gasteiger partial charge in [0.1, 0.15) is 5.75 Å². The Morgan fingerprint density at radius 3 is 2.56 bits per heavy atom. The van der Waals surface area contributed by atoms with E-state index in [1.165, 1.54) is 54.9 Å². The highest BCUT2D eigenvalue weighted by Gasteiger charge is 2.31. The van der Waals surface area contributed by atoms with Crippen molar-refractivity contribution in [1.29, 1.82) is 0 Å². The number of rotatable bonds is 4. The maximum Gasteiger partial charge on any atom is 0.573 e. The van der Waals surface area contributed by atoms with Crippen molar-refractivity contribution >= 4 is 29.3 Å². The van der Waals surface area contributed by atoms with Crippen molar-refractivity contribution in [2.75, 3.05) is 0 Å². The molecule has 0 atom stereocenters. The third kappa shape index (κ3) is 4.91. The second kappa shape index (κ2) is 7.58. The van der Waals surface area contributed by atoms with Gasteiger partial charge in [-0.25, -0.2) is 0 Å². The van der Waals surface area contributed by atoms with Gasteiger partial charge in [-0.1, -0.05) is 18.2 Å². The molecular formula is C18H11F3N2O3S. The summed E-state index contributed by atoms with van der Waals surface area (Å²) in [6.45, 7) is 0. The summed E-state index contributed by atoms with van der Waals surface area (Å²) in [6, 6.07) is 8.53. The number of thiazole rings is 1. The topological polar surface area (TPSA) is 72.0 Å². The number of hydrogen-bond donors (Lipinski definition) is 1. The summed E-state index contributed by atoms with van der Waals surface area (Å²) in [6.07, 6.45) is 0.613. The van der Waals surface area contributed by atoms with Crippen molar-refractivity contribution < 1.29 is 22.7 Å². The lowest BCUT2D eigenvalue weighted by Crippen LogP contribution is -2.21. The first kappa shape index (κ1) is 18.6. The number of hydrogen-bond acceptors (Lipinski definition) is 5. The number of nitrogens with zero attached hydrogens (tertiary/aromatic N) is 1. The van der Waals surface area contributed by atoms with Gasteiger partial charge in [0.25, 0.3) is 5.56 Å². The summed E-state index contributed by atoms with van der Waals surface area (Å²) in [5.74, 6) is -0.751. The highest BCUT2D eigenvalue weighted by molar-refractivity contribution is 7.07. The minimum Gasteiger partial charge on any atom is -0.405 e. The third-order valence-corrected chi connectivity index (χ3v) is 4.30. The van der Waals surface area contributed by atoms with Crippen LogP contribution < -0.4 is 19.5 Å². The van der Waals surface area contributed by atoms with E-state index in [4.69, 9.17) is 0 Å². The van der Waals surface area contributed by atoms with E-state index in [0.29, 0.717) is 5.56 Å². The molecule has 0 aliphatic heterocycles. The Hall–Kier alpha value is -3.20. The molecule has 1 aromatic carbocycles. The number of halogens is 3. The number of ketones is 1. The summed E-state index contributed by atoms with van der Waals surface area (Å²) in [5, 5.41) is 0. The smallest absolute Gasteiger partial charge is 0.405 e. The van der Waals surface area contributed by atoms with E-state index in [-0.39, 0.29) is 20.5 Å². The minimum absolute atomic E-state index is 0.0918. The fourth-order valence-electron chi connectivity index (χ4n) is 2.20. The number of H-pyrrole nitrogens is 1. The van der Waals surface area contributed by atoms with Crippen LogP contribution >= 0.6 is 11.3 Å². The number of ether oxygens (including phenoxy) is 1. The molecule has 3 rings (SSSR count). The van der Waals surface area contributed by atoms with Crippen LogP contribution in [0.3, 0.4) is 0 Å². The van der Waals surface area contributed by atoms with Gasteiger partial charge in [-0.05, 0) is 24.3 Å². The van der Waals surface area contributed by atoms with E-state index in [1.807, 2.05) is 0 Å². The SMILES string of the molecule is O=C(C=c1[nH]c(=O)c(=Cc2ccccc2OC(F)(F)F)s1)c1ccncc1. The van der Waals surface area contributed by atoms with Crippen molar-refractivity contribution in [3.05, 3.63) is 79.5 Å². The first-order chi connectivity index (χ1) is 12.8. The molecule has 27 heavy (non-hydrogen) atoms. The molecule has 0 unspecified atom stereocenters. The molecule has 0 bridgehead atoms. The molecule has 0 saturated carbocycles. The number of carbonyl (C=O) groups is 1. The van der Waals surface area contributed by atoms with Crippen LogP contribution in [0.1, 0.15) is 15.9 Å². The number of para-hydroxylation sites is 1. The molecule has 138 valence electrons. The van der Waals surface area contributed by atoms with Crippen LogP contribution in [-0.4, -0.2) is 22.1 Å². The maximum absolute atomic E-state index is 12.5. The molecule has 3 aromatic rings. The van der Waals surface area contributed by atoms with Gasteiger partial charge in [-0.2, -0.15) is 0 Å². The van der Waals surface area contributed by atoms with E-state index < -0.39 is 17.7 Å². The maximum atomic E-state index is 12.5. The number of nitrogens with one attached hydrogen (secondary N) is 1. The number of alkyl halides is 3. The van der Waals surface area contributed by atoms with Crippen molar-refractivity contribution in [2.45, 2.75) is 6.36 Å².